The van der Waals surface area contributed by atoms with Crippen molar-refractivity contribution in [2.24, 2.45) is 10.4 Å². The average Bonchev–Trinajstić information content (AvgIpc) is 3.27. The SMILES string of the molecule is CCNC(=NCC1(CCOC)CCCC1)NCC(C)c1cccs1. The third-order valence-corrected chi connectivity index (χ3v) is 6.13. The van der Waals surface area contributed by atoms with Crippen molar-refractivity contribution in [2.45, 2.75) is 51.9 Å². The molecule has 0 spiro atoms. The van der Waals surface area contributed by atoms with E-state index in [1.165, 1.54) is 30.6 Å². The molecule has 0 bridgehead atoms. The molecule has 2 N–H and O–H groups in total. The molecule has 24 heavy (non-hydrogen) atoms. The standard InChI is InChI=1S/C19H33N3OS/c1-4-20-18(21-14-16(2)17-8-7-13-24-17)22-15-19(11-12-23-3)9-5-6-10-19/h7-8,13,16H,4-6,9-12,14-15H2,1-3H3,(H2,20,21,22). The zero-order valence-corrected chi connectivity index (χ0v) is 16.3. The molecule has 1 atom stereocenters. The molecule has 136 valence electrons. The number of hydrogen-bond acceptors (Lipinski definition) is 3. The lowest BCUT2D eigenvalue weighted by molar-refractivity contribution is 0.141. The molecule has 1 aliphatic rings. The fourth-order valence-corrected chi connectivity index (χ4v) is 4.23. The molecule has 1 aromatic heterocycles. The van der Waals surface area contributed by atoms with Gasteiger partial charge in [-0.2, -0.15) is 0 Å². The quantitative estimate of drug-likeness (QED) is 0.522. The van der Waals surface area contributed by atoms with Crippen LogP contribution in [0.25, 0.3) is 0 Å². The van der Waals surface area contributed by atoms with Gasteiger partial charge in [-0.15, -0.1) is 11.3 Å². The molecule has 5 heteroatoms. The molecule has 2 rings (SSSR count). The van der Waals surface area contributed by atoms with Crippen LogP contribution in [0.15, 0.2) is 22.5 Å². The van der Waals surface area contributed by atoms with E-state index in [1.54, 1.807) is 7.11 Å². The van der Waals surface area contributed by atoms with Gasteiger partial charge < -0.3 is 15.4 Å². The van der Waals surface area contributed by atoms with Gasteiger partial charge in [0.25, 0.3) is 0 Å². The van der Waals surface area contributed by atoms with Crippen molar-refractivity contribution in [1.29, 1.82) is 0 Å². The predicted molar refractivity (Wildman–Crippen MR) is 104 cm³/mol. The van der Waals surface area contributed by atoms with Gasteiger partial charge in [0, 0.05) is 44.1 Å². The van der Waals surface area contributed by atoms with Crippen LogP contribution < -0.4 is 10.6 Å². The molecule has 1 unspecified atom stereocenters. The predicted octanol–water partition coefficient (Wildman–Crippen LogP) is 4.00. The fraction of sp³-hybridized carbons (Fsp3) is 0.737. The number of hydrogen-bond donors (Lipinski definition) is 2. The lowest BCUT2D eigenvalue weighted by atomic mass is 9.83. The average molecular weight is 352 g/mol. The minimum absolute atomic E-state index is 0.345. The number of nitrogens with zero attached hydrogens (tertiary/aromatic N) is 1. The first-order valence-electron chi connectivity index (χ1n) is 9.23. The van der Waals surface area contributed by atoms with Crippen molar-refractivity contribution in [3.05, 3.63) is 22.4 Å². The third-order valence-electron chi connectivity index (χ3n) is 5.02. The molecule has 1 aliphatic carbocycles. The van der Waals surface area contributed by atoms with Crippen molar-refractivity contribution in [3.63, 3.8) is 0 Å². The Morgan fingerprint density at radius 2 is 2.17 bits per heavy atom. The Balaban J connectivity index is 1.91. The van der Waals surface area contributed by atoms with Crippen LogP contribution >= 0.6 is 11.3 Å². The van der Waals surface area contributed by atoms with E-state index in [0.29, 0.717) is 11.3 Å². The molecule has 0 amide bonds. The molecule has 1 fully saturated rings. The minimum Gasteiger partial charge on any atom is -0.385 e. The van der Waals surface area contributed by atoms with Crippen LogP contribution in [0.2, 0.25) is 0 Å². The summed E-state index contributed by atoms with van der Waals surface area (Å²) in [7, 11) is 1.80. The molecule has 1 aromatic rings. The molecule has 4 nitrogen and oxygen atoms in total. The normalized spacial score (nSPS) is 18.5. The topological polar surface area (TPSA) is 45.7 Å². The van der Waals surface area contributed by atoms with E-state index in [4.69, 9.17) is 9.73 Å². The van der Waals surface area contributed by atoms with E-state index < -0.39 is 0 Å². The van der Waals surface area contributed by atoms with Gasteiger partial charge in [-0.3, -0.25) is 4.99 Å². The summed E-state index contributed by atoms with van der Waals surface area (Å²) in [6, 6.07) is 4.33. The summed E-state index contributed by atoms with van der Waals surface area (Å²) < 4.78 is 5.32. The van der Waals surface area contributed by atoms with Gasteiger partial charge in [0.1, 0.15) is 0 Å². The number of aliphatic imine (C=N–C) groups is 1. The maximum absolute atomic E-state index is 5.32. The van der Waals surface area contributed by atoms with Gasteiger partial charge in [-0.05, 0) is 43.0 Å². The second-order valence-electron chi connectivity index (χ2n) is 6.94. The number of rotatable bonds is 9. The zero-order valence-electron chi connectivity index (χ0n) is 15.4. The molecule has 0 aromatic carbocycles. The summed E-state index contributed by atoms with van der Waals surface area (Å²) in [5, 5.41) is 9.06. The number of nitrogens with one attached hydrogen (secondary N) is 2. The highest BCUT2D eigenvalue weighted by Gasteiger charge is 2.33. The van der Waals surface area contributed by atoms with Crippen LogP contribution in [-0.2, 0) is 4.74 Å². The summed E-state index contributed by atoms with van der Waals surface area (Å²) in [6.45, 7) is 7.94. The number of thiophene rings is 1. The number of methoxy groups -OCH3 is 1. The highest BCUT2D eigenvalue weighted by Crippen LogP contribution is 2.41. The van der Waals surface area contributed by atoms with E-state index in [9.17, 15) is 0 Å². The number of ether oxygens (including phenoxy) is 1. The van der Waals surface area contributed by atoms with Crippen molar-refractivity contribution in [2.75, 3.05) is 33.4 Å². The smallest absolute Gasteiger partial charge is 0.191 e. The van der Waals surface area contributed by atoms with Crippen LogP contribution in [0.4, 0.5) is 0 Å². The second kappa shape index (κ2) is 10.0. The van der Waals surface area contributed by atoms with Gasteiger partial charge in [0.2, 0.25) is 0 Å². The molecular weight excluding hydrogens is 318 g/mol. The summed E-state index contributed by atoms with van der Waals surface area (Å²) >= 11 is 1.82. The zero-order chi connectivity index (χ0) is 17.3. The van der Waals surface area contributed by atoms with Crippen LogP contribution in [0.5, 0.6) is 0 Å². The minimum atomic E-state index is 0.345. The first-order valence-corrected chi connectivity index (χ1v) is 10.1. The Bertz CT molecular complexity index is 481. The van der Waals surface area contributed by atoms with E-state index in [1.807, 2.05) is 11.3 Å². The van der Waals surface area contributed by atoms with Gasteiger partial charge in [-0.1, -0.05) is 25.8 Å². The maximum atomic E-state index is 5.32. The van der Waals surface area contributed by atoms with Crippen LogP contribution in [0, 0.1) is 5.41 Å². The highest BCUT2D eigenvalue weighted by molar-refractivity contribution is 7.10. The van der Waals surface area contributed by atoms with Crippen molar-refractivity contribution in [1.82, 2.24) is 10.6 Å². The molecular formula is C19H33N3OS. The largest absolute Gasteiger partial charge is 0.385 e. The van der Waals surface area contributed by atoms with Crippen molar-refractivity contribution in [3.8, 4) is 0 Å². The van der Waals surface area contributed by atoms with Gasteiger partial charge >= 0.3 is 0 Å². The van der Waals surface area contributed by atoms with Crippen LogP contribution in [0.1, 0.15) is 56.7 Å². The van der Waals surface area contributed by atoms with Crippen LogP contribution in [0.3, 0.4) is 0 Å². The summed E-state index contributed by atoms with van der Waals surface area (Å²) in [6.07, 6.45) is 6.35. The lowest BCUT2D eigenvalue weighted by Crippen LogP contribution is -2.40. The van der Waals surface area contributed by atoms with Gasteiger partial charge in [0.05, 0.1) is 0 Å². The van der Waals surface area contributed by atoms with Gasteiger partial charge in [0.15, 0.2) is 5.96 Å². The summed E-state index contributed by atoms with van der Waals surface area (Å²) in [5.41, 5.74) is 0.345. The van der Waals surface area contributed by atoms with Crippen LogP contribution in [-0.4, -0.2) is 39.3 Å². The Kier molecular flexibility index (Phi) is 8.06. The van der Waals surface area contributed by atoms with Crippen molar-refractivity contribution >= 4 is 17.3 Å². The number of guanidine groups is 1. The third kappa shape index (κ3) is 5.78. The Morgan fingerprint density at radius 3 is 2.79 bits per heavy atom. The monoisotopic (exact) mass is 351 g/mol. The summed E-state index contributed by atoms with van der Waals surface area (Å²) in [5.74, 6) is 1.45. The molecule has 1 heterocycles. The first-order chi connectivity index (χ1) is 11.7. The molecule has 0 radical (unpaired) electrons. The lowest BCUT2D eigenvalue weighted by Gasteiger charge is -2.27. The van der Waals surface area contributed by atoms with E-state index in [-0.39, 0.29) is 0 Å². The summed E-state index contributed by atoms with van der Waals surface area (Å²) in [4.78, 5) is 6.34. The van der Waals surface area contributed by atoms with E-state index >= 15 is 0 Å². The Morgan fingerprint density at radius 1 is 1.38 bits per heavy atom. The Labute approximate surface area is 151 Å². The Hall–Kier alpha value is -1.07. The molecule has 0 saturated heterocycles. The first kappa shape index (κ1) is 19.3. The van der Waals surface area contributed by atoms with Crippen molar-refractivity contribution < 1.29 is 4.74 Å². The molecule has 1 saturated carbocycles. The fourth-order valence-electron chi connectivity index (χ4n) is 3.44. The highest BCUT2D eigenvalue weighted by atomic mass is 32.1. The second-order valence-corrected chi connectivity index (χ2v) is 7.92. The van der Waals surface area contributed by atoms with Gasteiger partial charge in [-0.25, -0.2) is 0 Å². The van der Waals surface area contributed by atoms with E-state index in [2.05, 4.69) is 42.0 Å². The van der Waals surface area contributed by atoms with E-state index in [0.717, 1.165) is 38.6 Å². The molecule has 0 aliphatic heterocycles. The maximum Gasteiger partial charge on any atom is 0.191 e.